The maximum absolute atomic E-state index is 11.5. The monoisotopic (exact) mass is 389 g/mol. The summed E-state index contributed by atoms with van der Waals surface area (Å²) in [6, 6.07) is 6.55. The third-order valence-corrected chi connectivity index (χ3v) is 5.53. The van der Waals surface area contributed by atoms with Crippen LogP contribution in [-0.4, -0.2) is 53.6 Å². The van der Waals surface area contributed by atoms with Gasteiger partial charge in [-0.15, -0.1) is 0 Å². The lowest BCUT2D eigenvalue weighted by Crippen LogP contribution is -2.42. The molecule has 142 valence electrons. The molecule has 7 nitrogen and oxygen atoms in total. The van der Waals surface area contributed by atoms with Crippen molar-refractivity contribution < 1.29 is 16.8 Å². The van der Waals surface area contributed by atoms with Gasteiger partial charge in [0.1, 0.15) is 9.84 Å². The zero-order valence-electron chi connectivity index (χ0n) is 15.1. The van der Waals surface area contributed by atoms with Crippen LogP contribution in [0.15, 0.2) is 34.2 Å². The lowest BCUT2D eigenvalue weighted by atomic mass is 10.2. The highest BCUT2D eigenvalue weighted by Crippen LogP contribution is 2.11. The second kappa shape index (κ2) is 9.19. The second-order valence-corrected chi connectivity index (χ2v) is 10.4. The number of aliphatic imine (C=N–C) groups is 1. The summed E-state index contributed by atoms with van der Waals surface area (Å²) >= 11 is 0. The molecule has 2 N–H and O–H groups in total. The molecule has 0 heterocycles. The van der Waals surface area contributed by atoms with Crippen LogP contribution in [0.1, 0.15) is 25.8 Å². The Morgan fingerprint density at radius 1 is 1.12 bits per heavy atom. The van der Waals surface area contributed by atoms with Crippen LogP contribution in [0.5, 0.6) is 0 Å². The van der Waals surface area contributed by atoms with Gasteiger partial charge in [-0.05, 0) is 38.0 Å². The summed E-state index contributed by atoms with van der Waals surface area (Å²) < 4.78 is 45.4. The Hall–Kier alpha value is -1.61. The number of hydrogen-bond donors (Lipinski definition) is 2. The summed E-state index contributed by atoms with van der Waals surface area (Å²) in [4.78, 5) is 4.73. The zero-order chi connectivity index (χ0) is 19.1. The third-order valence-electron chi connectivity index (χ3n) is 3.42. The topological polar surface area (TPSA) is 105 Å². The van der Waals surface area contributed by atoms with Crippen molar-refractivity contribution in [2.45, 2.75) is 37.8 Å². The van der Waals surface area contributed by atoms with Gasteiger partial charge in [0.05, 0.1) is 17.2 Å². The Bertz CT molecular complexity index is 785. The fourth-order valence-corrected chi connectivity index (χ4v) is 3.44. The van der Waals surface area contributed by atoms with Crippen molar-refractivity contribution in [3.05, 3.63) is 29.8 Å². The molecule has 0 fully saturated rings. The Morgan fingerprint density at radius 2 is 1.72 bits per heavy atom. The average Bonchev–Trinajstić information content (AvgIpc) is 2.50. The van der Waals surface area contributed by atoms with Crippen LogP contribution < -0.4 is 10.6 Å². The molecule has 0 amide bonds. The van der Waals surface area contributed by atoms with E-state index in [9.17, 15) is 16.8 Å². The largest absolute Gasteiger partial charge is 0.357 e. The number of guanidine groups is 1. The van der Waals surface area contributed by atoms with E-state index < -0.39 is 19.7 Å². The van der Waals surface area contributed by atoms with Gasteiger partial charge in [-0.25, -0.2) is 21.8 Å². The van der Waals surface area contributed by atoms with E-state index in [4.69, 9.17) is 0 Å². The van der Waals surface area contributed by atoms with E-state index in [1.165, 1.54) is 12.5 Å². The lowest BCUT2D eigenvalue weighted by Gasteiger charge is -2.17. The minimum Gasteiger partial charge on any atom is -0.357 e. The highest BCUT2D eigenvalue weighted by atomic mass is 32.2. The molecule has 0 radical (unpaired) electrons. The minimum atomic E-state index is -3.20. The number of nitrogens with zero attached hydrogens (tertiary/aromatic N) is 1. The van der Waals surface area contributed by atoms with Gasteiger partial charge in [-0.3, -0.25) is 0 Å². The molecule has 1 unspecified atom stereocenters. The van der Waals surface area contributed by atoms with Gasteiger partial charge in [0.25, 0.3) is 0 Å². The maximum Gasteiger partial charge on any atom is 0.191 e. The lowest BCUT2D eigenvalue weighted by molar-refractivity contribution is 0.581. The molecule has 0 aliphatic heterocycles. The smallest absolute Gasteiger partial charge is 0.191 e. The van der Waals surface area contributed by atoms with Crippen molar-refractivity contribution >= 4 is 25.6 Å². The van der Waals surface area contributed by atoms with E-state index in [2.05, 4.69) is 15.6 Å². The van der Waals surface area contributed by atoms with E-state index in [0.717, 1.165) is 5.56 Å². The summed E-state index contributed by atoms with van der Waals surface area (Å²) in [5.41, 5.74) is 0.883. The van der Waals surface area contributed by atoms with Gasteiger partial charge in [-0.2, -0.15) is 0 Å². The first-order valence-corrected chi connectivity index (χ1v) is 12.0. The van der Waals surface area contributed by atoms with Crippen molar-refractivity contribution in [2.75, 3.05) is 24.8 Å². The van der Waals surface area contributed by atoms with E-state index in [0.29, 0.717) is 25.5 Å². The quantitative estimate of drug-likeness (QED) is 0.507. The first kappa shape index (κ1) is 21.4. The van der Waals surface area contributed by atoms with Crippen LogP contribution in [0.2, 0.25) is 0 Å². The molecule has 1 aromatic carbocycles. The molecule has 0 aliphatic carbocycles. The highest BCUT2D eigenvalue weighted by molar-refractivity contribution is 7.91. The van der Waals surface area contributed by atoms with Crippen LogP contribution in [0.3, 0.4) is 0 Å². The van der Waals surface area contributed by atoms with Gasteiger partial charge in [0.2, 0.25) is 0 Å². The Morgan fingerprint density at radius 3 is 2.20 bits per heavy atom. The second-order valence-electron chi connectivity index (χ2n) is 6.08. The fraction of sp³-hybridized carbons (Fsp3) is 0.562. The molecule has 0 aromatic heterocycles. The maximum atomic E-state index is 11.5. The summed E-state index contributed by atoms with van der Waals surface area (Å²) in [6.07, 6.45) is 2.89. The predicted molar refractivity (Wildman–Crippen MR) is 101 cm³/mol. The van der Waals surface area contributed by atoms with Gasteiger partial charge < -0.3 is 10.6 Å². The normalized spacial score (nSPS) is 14.2. The molecule has 0 aliphatic rings. The van der Waals surface area contributed by atoms with Gasteiger partial charge >= 0.3 is 0 Å². The van der Waals surface area contributed by atoms with Crippen molar-refractivity contribution in [1.29, 1.82) is 0 Å². The van der Waals surface area contributed by atoms with E-state index in [1.54, 1.807) is 24.3 Å². The summed E-state index contributed by atoms with van der Waals surface area (Å²) in [7, 11) is -6.19. The SMILES string of the molecule is CCNC(=NCc1ccc(S(C)(=O)=O)cc1)NC(C)CCS(C)(=O)=O. The standard InChI is InChI=1S/C16H27N3O4S2/c1-5-17-16(19-13(2)10-11-24(3,20)21)18-12-14-6-8-15(9-7-14)25(4,22)23/h6-9,13H,5,10-12H2,1-4H3,(H2,17,18,19). The number of nitrogens with one attached hydrogen (secondary N) is 2. The van der Waals surface area contributed by atoms with Gasteiger partial charge in [0.15, 0.2) is 15.8 Å². The van der Waals surface area contributed by atoms with Crippen LogP contribution >= 0.6 is 0 Å². The molecule has 1 atom stereocenters. The molecule has 9 heteroatoms. The first-order valence-electron chi connectivity index (χ1n) is 8.03. The molecule has 0 saturated carbocycles. The number of hydrogen-bond acceptors (Lipinski definition) is 5. The van der Waals surface area contributed by atoms with Crippen LogP contribution in [0, 0.1) is 0 Å². The highest BCUT2D eigenvalue weighted by Gasteiger charge is 2.10. The fourth-order valence-electron chi connectivity index (χ4n) is 2.03. The van der Waals surface area contributed by atoms with Crippen LogP contribution in [0.4, 0.5) is 0 Å². The Balaban J connectivity index is 2.71. The number of sulfone groups is 2. The van der Waals surface area contributed by atoms with Crippen molar-refractivity contribution in [1.82, 2.24) is 10.6 Å². The van der Waals surface area contributed by atoms with Crippen molar-refractivity contribution in [2.24, 2.45) is 4.99 Å². The molecule has 0 spiro atoms. The molecule has 0 saturated heterocycles. The van der Waals surface area contributed by atoms with Crippen molar-refractivity contribution in [3.8, 4) is 0 Å². The minimum absolute atomic E-state index is 0.0415. The van der Waals surface area contributed by atoms with Crippen molar-refractivity contribution in [3.63, 3.8) is 0 Å². The van der Waals surface area contributed by atoms with E-state index in [1.807, 2.05) is 13.8 Å². The van der Waals surface area contributed by atoms with Gasteiger partial charge in [-0.1, -0.05) is 12.1 Å². The zero-order valence-corrected chi connectivity index (χ0v) is 16.7. The summed E-state index contributed by atoms with van der Waals surface area (Å²) in [6.45, 7) is 4.91. The first-order chi connectivity index (χ1) is 11.5. The predicted octanol–water partition coefficient (Wildman–Crippen LogP) is 0.968. The molecular weight excluding hydrogens is 362 g/mol. The van der Waals surface area contributed by atoms with E-state index in [-0.39, 0.29) is 16.7 Å². The van der Waals surface area contributed by atoms with E-state index >= 15 is 0 Å². The molecule has 25 heavy (non-hydrogen) atoms. The Kier molecular flexibility index (Phi) is 7.88. The van der Waals surface area contributed by atoms with Crippen LogP contribution in [0.25, 0.3) is 0 Å². The van der Waals surface area contributed by atoms with Gasteiger partial charge in [0, 0.05) is 25.1 Å². The number of benzene rings is 1. The molecular formula is C16H27N3O4S2. The van der Waals surface area contributed by atoms with Crippen LogP contribution in [-0.2, 0) is 26.2 Å². The summed E-state index contributed by atoms with van der Waals surface area (Å²) in [5, 5.41) is 6.29. The number of rotatable bonds is 8. The molecule has 1 rings (SSSR count). The average molecular weight is 390 g/mol. The summed E-state index contributed by atoms with van der Waals surface area (Å²) in [5.74, 6) is 0.712. The molecule has 0 bridgehead atoms. The Labute approximate surface area is 150 Å². The molecule has 1 aromatic rings. The third kappa shape index (κ3) is 8.87.